The van der Waals surface area contributed by atoms with E-state index in [9.17, 15) is 4.79 Å². The molecular formula is C16H22ClNO2. The summed E-state index contributed by atoms with van der Waals surface area (Å²) in [6.07, 6.45) is 4.97. The molecule has 2 aliphatic heterocycles. The number of carboxylic acids is 1. The summed E-state index contributed by atoms with van der Waals surface area (Å²) in [6.45, 7) is 1.02. The normalized spacial score (nSPS) is 28.9. The van der Waals surface area contributed by atoms with Crippen molar-refractivity contribution in [2.45, 2.75) is 50.7 Å². The molecule has 0 saturated carbocycles. The molecule has 20 heavy (non-hydrogen) atoms. The first-order chi connectivity index (χ1) is 9.22. The van der Waals surface area contributed by atoms with E-state index in [1.807, 2.05) is 0 Å². The first-order valence-corrected chi connectivity index (χ1v) is 7.24. The van der Waals surface area contributed by atoms with Crippen LogP contribution in [0.1, 0.15) is 37.7 Å². The molecule has 0 aromatic heterocycles. The average Bonchev–Trinajstić information content (AvgIpc) is 2.62. The summed E-state index contributed by atoms with van der Waals surface area (Å²) in [4.78, 5) is 13.5. The molecule has 2 atom stereocenters. The van der Waals surface area contributed by atoms with Crippen LogP contribution >= 0.6 is 12.4 Å². The fraction of sp³-hybridized carbons (Fsp3) is 0.562. The first kappa shape index (κ1) is 15.3. The highest BCUT2D eigenvalue weighted by Crippen LogP contribution is 2.40. The molecular weight excluding hydrogens is 274 g/mol. The molecule has 2 bridgehead atoms. The molecule has 2 aliphatic rings. The number of piperidine rings is 1. The van der Waals surface area contributed by atoms with Crippen molar-refractivity contribution < 1.29 is 9.90 Å². The van der Waals surface area contributed by atoms with Gasteiger partial charge < -0.3 is 5.11 Å². The van der Waals surface area contributed by atoms with Crippen LogP contribution in [0.25, 0.3) is 0 Å². The van der Waals surface area contributed by atoms with E-state index >= 15 is 0 Å². The van der Waals surface area contributed by atoms with Gasteiger partial charge in [0.05, 0.1) is 0 Å². The Bertz CT molecular complexity index is 437. The fourth-order valence-corrected chi connectivity index (χ4v) is 3.85. The molecule has 0 aliphatic carbocycles. The highest BCUT2D eigenvalue weighted by atomic mass is 35.5. The van der Waals surface area contributed by atoms with Gasteiger partial charge in [0, 0.05) is 25.0 Å². The third kappa shape index (κ3) is 3.33. The average molecular weight is 296 g/mol. The SMILES string of the molecule is Cl.O=C(O)CC1CC2CCC(C1)N2Cc1ccccc1. The minimum Gasteiger partial charge on any atom is -0.481 e. The van der Waals surface area contributed by atoms with Crippen molar-refractivity contribution >= 4 is 18.4 Å². The molecule has 110 valence electrons. The van der Waals surface area contributed by atoms with Crippen LogP contribution in [0.15, 0.2) is 30.3 Å². The maximum Gasteiger partial charge on any atom is 0.303 e. The van der Waals surface area contributed by atoms with Crippen LogP contribution < -0.4 is 0 Å². The molecule has 1 N–H and O–H groups in total. The second-order valence-corrected chi connectivity index (χ2v) is 5.98. The second kappa shape index (κ2) is 6.59. The van der Waals surface area contributed by atoms with Gasteiger partial charge in [-0.15, -0.1) is 12.4 Å². The van der Waals surface area contributed by atoms with Gasteiger partial charge in [0.1, 0.15) is 0 Å². The number of hydrogen-bond donors (Lipinski definition) is 1. The predicted molar refractivity (Wildman–Crippen MR) is 81.0 cm³/mol. The van der Waals surface area contributed by atoms with Crippen molar-refractivity contribution in [2.75, 3.05) is 0 Å². The van der Waals surface area contributed by atoms with E-state index in [0.717, 1.165) is 19.4 Å². The Hall–Kier alpha value is -1.06. The third-order valence-corrected chi connectivity index (χ3v) is 4.65. The topological polar surface area (TPSA) is 40.5 Å². The number of fused-ring (bicyclic) bond motifs is 2. The lowest BCUT2D eigenvalue weighted by molar-refractivity contribution is -0.138. The molecule has 2 saturated heterocycles. The number of benzene rings is 1. The predicted octanol–water partition coefficient (Wildman–Crippen LogP) is 3.33. The van der Waals surface area contributed by atoms with E-state index in [1.165, 1.54) is 18.4 Å². The molecule has 2 fully saturated rings. The number of carbonyl (C=O) groups is 1. The molecule has 0 amide bonds. The van der Waals surface area contributed by atoms with E-state index in [0.29, 0.717) is 24.4 Å². The minimum absolute atomic E-state index is 0. The Morgan fingerprint density at radius 2 is 1.75 bits per heavy atom. The van der Waals surface area contributed by atoms with Crippen molar-refractivity contribution in [3.63, 3.8) is 0 Å². The largest absolute Gasteiger partial charge is 0.481 e. The number of halogens is 1. The molecule has 1 aromatic carbocycles. The molecule has 3 nitrogen and oxygen atoms in total. The maximum absolute atomic E-state index is 10.9. The zero-order chi connectivity index (χ0) is 13.2. The van der Waals surface area contributed by atoms with Gasteiger partial charge in [-0.2, -0.15) is 0 Å². The Kier molecular flexibility index (Phi) is 5.06. The van der Waals surface area contributed by atoms with Crippen LogP contribution in [0.2, 0.25) is 0 Å². The molecule has 3 rings (SSSR count). The van der Waals surface area contributed by atoms with Crippen molar-refractivity contribution in [2.24, 2.45) is 5.92 Å². The second-order valence-electron chi connectivity index (χ2n) is 5.98. The van der Waals surface area contributed by atoms with Crippen LogP contribution in [0.5, 0.6) is 0 Å². The molecule has 2 heterocycles. The van der Waals surface area contributed by atoms with E-state index in [2.05, 4.69) is 35.2 Å². The smallest absolute Gasteiger partial charge is 0.303 e. The van der Waals surface area contributed by atoms with Crippen LogP contribution in [-0.4, -0.2) is 28.1 Å². The lowest BCUT2D eigenvalue weighted by Gasteiger charge is -2.38. The summed E-state index contributed by atoms with van der Waals surface area (Å²) in [5, 5.41) is 8.95. The lowest BCUT2D eigenvalue weighted by Crippen LogP contribution is -2.42. The van der Waals surface area contributed by atoms with E-state index in [-0.39, 0.29) is 12.4 Å². The van der Waals surface area contributed by atoms with Gasteiger partial charge in [-0.25, -0.2) is 0 Å². The highest BCUT2D eigenvalue weighted by Gasteiger charge is 2.40. The van der Waals surface area contributed by atoms with Crippen molar-refractivity contribution in [3.8, 4) is 0 Å². The first-order valence-electron chi connectivity index (χ1n) is 7.24. The Morgan fingerprint density at radius 1 is 1.15 bits per heavy atom. The Labute approximate surface area is 126 Å². The maximum atomic E-state index is 10.9. The van der Waals surface area contributed by atoms with Gasteiger partial charge in [-0.1, -0.05) is 30.3 Å². The van der Waals surface area contributed by atoms with Gasteiger partial charge in [-0.05, 0) is 37.2 Å². The zero-order valence-corrected chi connectivity index (χ0v) is 12.4. The van der Waals surface area contributed by atoms with Crippen molar-refractivity contribution in [1.82, 2.24) is 4.90 Å². The quantitative estimate of drug-likeness (QED) is 0.926. The van der Waals surface area contributed by atoms with Gasteiger partial charge in [0.25, 0.3) is 0 Å². The summed E-state index contributed by atoms with van der Waals surface area (Å²) >= 11 is 0. The number of aliphatic carboxylic acids is 1. The van der Waals surface area contributed by atoms with Gasteiger partial charge >= 0.3 is 5.97 Å². The summed E-state index contributed by atoms with van der Waals surface area (Å²) in [5.41, 5.74) is 1.37. The van der Waals surface area contributed by atoms with Gasteiger partial charge in [0.2, 0.25) is 0 Å². The third-order valence-electron chi connectivity index (χ3n) is 4.65. The highest BCUT2D eigenvalue weighted by molar-refractivity contribution is 5.85. The zero-order valence-electron chi connectivity index (χ0n) is 11.6. The molecule has 1 aromatic rings. The van der Waals surface area contributed by atoms with Gasteiger partial charge in [0.15, 0.2) is 0 Å². The molecule has 0 radical (unpaired) electrons. The van der Waals surface area contributed by atoms with Crippen molar-refractivity contribution in [3.05, 3.63) is 35.9 Å². The van der Waals surface area contributed by atoms with E-state index in [4.69, 9.17) is 5.11 Å². The summed E-state index contributed by atoms with van der Waals surface area (Å²) < 4.78 is 0. The van der Waals surface area contributed by atoms with Crippen molar-refractivity contribution in [1.29, 1.82) is 0 Å². The van der Waals surface area contributed by atoms with Crippen LogP contribution in [0.3, 0.4) is 0 Å². The standard InChI is InChI=1S/C16H21NO2.ClH/c18-16(19)10-13-8-14-6-7-15(9-13)17(14)11-12-4-2-1-3-5-12;/h1-5,13-15H,6-11H2,(H,18,19);1H. The number of rotatable bonds is 4. The van der Waals surface area contributed by atoms with Crippen LogP contribution in [-0.2, 0) is 11.3 Å². The Morgan fingerprint density at radius 3 is 2.30 bits per heavy atom. The van der Waals surface area contributed by atoms with E-state index < -0.39 is 5.97 Å². The number of hydrogen-bond acceptors (Lipinski definition) is 2. The molecule has 4 heteroatoms. The number of carboxylic acid groups (broad SMARTS) is 1. The van der Waals surface area contributed by atoms with E-state index in [1.54, 1.807) is 0 Å². The lowest BCUT2D eigenvalue weighted by atomic mass is 9.88. The molecule has 2 unspecified atom stereocenters. The monoisotopic (exact) mass is 295 g/mol. The van der Waals surface area contributed by atoms with Gasteiger partial charge in [-0.3, -0.25) is 9.69 Å². The fourth-order valence-electron chi connectivity index (χ4n) is 3.85. The summed E-state index contributed by atoms with van der Waals surface area (Å²) in [6, 6.07) is 11.8. The summed E-state index contributed by atoms with van der Waals surface area (Å²) in [7, 11) is 0. The van der Waals surface area contributed by atoms with Crippen LogP contribution in [0.4, 0.5) is 0 Å². The molecule has 0 spiro atoms. The minimum atomic E-state index is -0.638. The Balaban J connectivity index is 0.00000147. The summed E-state index contributed by atoms with van der Waals surface area (Å²) in [5.74, 6) is -0.247. The van der Waals surface area contributed by atoms with Crippen LogP contribution in [0, 0.1) is 5.92 Å². The number of nitrogens with zero attached hydrogens (tertiary/aromatic N) is 1.